The van der Waals surface area contributed by atoms with Crippen molar-refractivity contribution < 1.29 is 14.3 Å². The summed E-state index contributed by atoms with van der Waals surface area (Å²) < 4.78 is 5.37. The maximum absolute atomic E-state index is 12.1. The van der Waals surface area contributed by atoms with Crippen LogP contribution in [0.1, 0.15) is 27.0 Å². The van der Waals surface area contributed by atoms with Gasteiger partial charge >= 0.3 is 0 Å². The molecule has 6 nitrogen and oxygen atoms in total. The molecule has 2 aromatic carbocycles. The number of nitrogens with one attached hydrogen (secondary N) is 2. The molecule has 28 heavy (non-hydrogen) atoms. The maximum atomic E-state index is 12.1. The lowest BCUT2D eigenvalue weighted by Crippen LogP contribution is -2.36. The fourth-order valence-electron chi connectivity index (χ4n) is 3.13. The Kier molecular flexibility index (Phi) is 7.17. The first kappa shape index (κ1) is 20.0. The van der Waals surface area contributed by atoms with Crippen LogP contribution in [0, 0.1) is 6.92 Å². The smallest absolute Gasteiger partial charge is 0.251 e. The number of nitrogens with zero attached hydrogens (tertiary/aromatic N) is 1. The number of rotatable bonds is 7. The molecule has 0 atom stereocenters. The van der Waals surface area contributed by atoms with Gasteiger partial charge in [-0.3, -0.25) is 14.5 Å². The van der Waals surface area contributed by atoms with Crippen LogP contribution in [0.5, 0.6) is 0 Å². The van der Waals surface area contributed by atoms with Gasteiger partial charge in [0.05, 0.1) is 19.8 Å². The second-order valence-corrected chi connectivity index (χ2v) is 6.98. The first-order valence-electron chi connectivity index (χ1n) is 9.60. The average molecular weight is 381 g/mol. The minimum atomic E-state index is -0.235. The fraction of sp³-hybridized carbons (Fsp3) is 0.364. The molecule has 0 aromatic heterocycles. The van der Waals surface area contributed by atoms with E-state index in [0.717, 1.165) is 44.0 Å². The summed E-state index contributed by atoms with van der Waals surface area (Å²) in [7, 11) is 0. The molecule has 1 aliphatic rings. The van der Waals surface area contributed by atoms with Gasteiger partial charge in [-0.25, -0.2) is 0 Å². The summed E-state index contributed by atoms with van der Waals surface area (Å²) in [6, 6.07) is 15.6. The topological polar surface area (TPSA) is 70.7 Å². The second kappa shape index (κ2) is 10.0. The van der Waals surface area contributed by atoms with Crippen molar-refractivity contribution in [3.8, 4) is 0 Å². The zero-order valence-electron chi connectivity index (χ0n) is 16.2. The van der Waals surface area contributed by atoms with Crippen LogP contribution in [0.3, 0.4) is 0 Å². The number of hydrogen-bond acceptors (Lipinski definition) is 4. The van der Waals surface area contributed by atoms with E-state index < -0.39 is 0 Å². The number of amides is 2. The lowest BCUT2D eigenvalue weighted by Gasteiger charge is -2.26. The number of carbonyl (C=O) groups excluding carboxylic acids is 2. The molecule has 1 fully saturated rings. The van der Waals surface area contributed by atoms with Crippen molar-refractivity contribution in [2.75, 3.05) is 32.8 Å². The van der Waals surface area contributed by atoms with Gasteiger partial charge in [0.2, 0.25) is 5.91 Å². The Hall–Kier alpha value is -2.70. The van der Waals surface area contributed by atoms with Crippen LogP contribution in [-0.4, -0.2) is 49.6 Å². The SMILES string of the molecule is Cc1ccccc1C(=O)NCC(=O)NCc1ccc(CN2CCOCC2)cc1. The number of morpholine rings is 1. The standard InChI is InChI=1S/C22H27N3O3/c1-17-4-2-3-5-20(17)22(27)24-15-21(26)23-14-18-6-8-19(9-7-18)16-25-10-12-28-13-11-25/h2-9H,10-16H2,1H3,(H,23,26)(H,24,27). The van der Waals surface area contributed by atoms with Crippen LogP contribution in [0.4, 0.5) is 0 Å². The monoisotopic (exact) mass is 381 g/mol. The molecule has 2 aromatic rings. The third-order valence-corrected chi connectivity index (χ3v) is 4.82. The lowest BCUT2D eigenvalue weighted by atomic mass is 10.1. The van der Waals surface area contributed by atoms with Gasteiger partial charge in [0, 0.05) is 31.7 Å². The summed E-state index contributed by atoms with van der Waals surface area (Å²) in [6.07, 6.45) is 0. The summed E-state index contributed by atoms with van der Waals surface area (Å²) in [4.78, 5) is 26.5. The highest BCUT2D eigenvalue weighted by molar-refractivity contribution is 5.97. The van der Waals surface area contributed by atoms with E-state index >= 15 is 0 Å². The Bertz CT molecular complexity index is 799. The average Bonchev–Trinajstić information content (AvgIpc) is 2.72. The summed E-state index contributed by atoms with van der Waals surface area (Å²) in [5.74, 6) is -0.444. The van der Waals surface area contributed by atoms with Crippen molar-refractivity contribution in [2.24, 2.45) is 0 Å². The zero-order chi connectivity index (χ0) is 19.8. The van der Waals surface area contributed by atoms with Crippen molar-refractivity contribution in [3.05, 3.63) is 70.8 Å². The predicted molar refractivity (Wildman–Crippen MR) is 108 cm³/mol. The molecular formula is C22H27N3O3. The van der Waals surface area contributed by atoms with E-state index in [1.165, 1.54) is 5.56 Å². The molecule has 2 N–H and O–H groups in total. The van der Waals surface area contributed by atoms with Gasteiger partial charge < -0.3 is 15.4 Å². The minimum absolute atomic E-state index is 0.0394. The molecule has 0 radical (unpaired) electrons. The first-order valence-corrected chi connectivity index (χ1v) is 9.60. The number of ether oxygens (including phenoxy) is 1. The molecule has 3 rings (SSSR count). The van der Waals surface area contributed by atoms with Gasteiger partial charge in [0.25, 0.3) is 5.91 Å². The summed E-state index contributed by atoms with van der Waals surface area (Å²) >= 11 is 0. The Balaban J connectivity index is 1.40. The first-order chi connectivity index (χ1) is 13.6. The molecule has 0 unspecified atom stereocenters. The van der Waals surface area contributed by atoms with Crippen LogP contribution in [0.15, 0.2) is 48.5 Å². The zero-order valence-corrected chi connectivity index (χ0v) is 16.2. The molecule has 6 heteroatoms. The number of hydrogen-bond donors (Lipinski definition) is 2. The molecule has 148 valence electrons. The van der Waals surface area contributed by atoms with Crippen molar-refractivity contribution in [2.45, 2.75) is 20.0 Å². The third kappa shape index (κ3) is 5.90. The third-order valence-electron chi connectivity index (χ3n) is 4.82. The quantitative estimate of drug-likeness (QED) is 0.768. The van der Waals surface area contributed by atoms with E-state index in [0.29, 0.717) is 12.1 Å². The fourth-order valence-corrected chi connectivity index (χ4v) is 3.13. The van der Waals surface area contributed by atoms with E-state index in [2.05, 4.69) is 27.7 Å². The molecule has 1 saturated heterocycles. The van der Waals surface area contributed by atoms with E-state index in [-0.39, 0.29) is 18.4 Å². The van der Waals surface area contributed by atoms with Gasteiger partial charge in [-0.1, -0.05) is 42.5 Å². The number of benzene rings is 2. The maximum Gasteiger partial charge on any atom is 0.251 e. The Morgan fingerprint density at radius 2 is 1.64 bits per heavy atom. The van der Waals surface area contributed by atoms with Crippen molar-refractivity contribution in [3.63, 3.8) is 0 Å². The van der Waals surface area contributed by atoms with Gasteiger partial charge in [-0.05, 0) is 29.7 Å². The van der Waals surface area contributed by atoms with Crippen molar-refractivity contribution >= 4 is 11.8 Å². The van der Waals surface area contributed by atoms with Crippen molar-refractivity contribution in [1.82, 2.24) is 15.5 Å². The molecule has 0 aliphatic carbocycles. The van der Waals surface area contributed by atoms with E-state index in [9.17, 15) is 9.59 Å². The number of carbonyl (C=O) groups is 2. The molecule has 0 saturated carbocycles. The Labute approximate surface area is 165 Å². The van der Waals surface area contributed by atoms with Gasteiger partial charge in [0.1, 0.15) is 0 Å². The highest BCUT2D eigenvalue weighted by atomic mass is 16.5. The van der Waals surface area contributed by atoms with Gasteiger partial charge in [0.15, 0.2) is 0 Å². The van der Waals surface area contributed by atoms with Crippen LogP contribution in [-0.2, 0) is 22.6 Å². The minimum Gasteiger partial charge on any atom is -0.379 e. The van der Waals surface area contributed by atoms with Crippen LogP contribution < -0.4 is 10.6 Å². The lowest BCUT2D eigenvalue weighted by molar-refractivity contribution is -0.120. The van der Waals surface area contributed by atoms with Gasteiger partial charge in [-0.2, -0.15) is 0 Å². The summed E-state index contributed by atoms with van der Waals surface area (Å²) in [5, 5.41) is 5.50. The Morgan fingerprint density at radius 1 is 0.964 bits per heavy atom. The van der Waals surface area contributed by atoms with Gasteiger partial charge in [-0.15, -0.1) is 0 Å². The molecule has 1 heterocycles. The molecule has 1 aliphatic heterocycles. The van der Waals surface area contributed by atoms with Crippen molar-refractivity contribution in [1.29, 1.82) is 0 Å². The van der Waals surface area contributed by atoms with Crippen LogP contribution >= 0.6 is 0 Å². The highest BCUT2D eigenvalue weighted by Gasteiger charge is 2.11. The molecule has 2 amide bonds. The van der Waals surface area contributed by atoms with E-state index in [1.54, 1.807) is 6.07 Å². The largest absolute Gasteiger partial charge is 0.379 e. The predicted octanol–water partition coefficient (Wildman–Crippen LogP) is 1.87. The molecular weight excluding hydrogens is 354 g/mol. The second-order valence-electron chi connectivity index (χ2n) is 6.98. The van der Waals surface area contributed by atoms with E-state index in [1.807, 2.05) is 37.3 Å². The Morgan fingerprint density at radius 3 is 2.36 bits per heavy atom. The molecule has 0 spiro atoms. The number of aryl methyl sites for hydroxylation is 1. The van der Waals surface area contributed by atoms with Crippen LogP contribution in [0.2, 0.25) is 0 Å². The summed E-state index contributed by atoms with van der Waals surface area (Å²) in [5.41, 5.74) is 3.76. The van der Waals surface area contributed by atoms with E-state index in [4.69, 9.17) is 4.74 Å². The summed E-state index contributed by atoms with van der Waals surface area (Å²) in [6.45, 7) is 6.71. The van der Waals surface area contributed by atoms with Crippen LogP contribution in [0.25, 0.3) is 0 Å². The highest BCUT2D eigenvalue weighted by Crippen LogP contribution is 2.09. The molecule has 0 bridgehead atoms. The normalized spacial score (nSPS) is 14.5.